The molecule has 2 aromatic rings. The van der Waals surface area contributed by atoms with Crippen LogP contribution in [0.4, 0.5) is 0 Å². The van der Waals surface area contributed by atoms with Crippen molar-refractivity contribution < 1.29 is 13.9 Å². The van der Waals surface area contributed by atoms with E-state index in [4.69, 9.17) is 19.2 Å². The Balaban J connectivity index is 1.82. The number of benzene rings is 1. The second kappa shape index (κ2) is 5.30. The molecule has 0 unspecified atom stereocenters. The van der Waals surface area contributed by atoms with E-state index in [2.05, 4.69) is 6.07 Å². The highest BCUT2D eigenvalue weighted by Crippen LogP contribution is 2.50. The largest absolute Gasteiger partial charge is 0.458 e. The topological polar surface area (TPSA) is 55.4 Å². The van der Waals surface area contributed by atoms with Gasteiger partial charge in [0.1, 0.15) is 5.76 Å². The lowest BCUT2D eigenvalue weighted by atomic mass is 10.1. The van der Waals surface area contributed by atoms with Crippen LogP contribution in [0.3, 0.4) is 0 Å². The third-order valence-electron chi connectivity index (χ3n) is 3.27. The number of unbranched alkanes of at least 4 members (excludes halogenated alkanes) is 2. The first kappa shape index (κ1) is 12.6. The molecule has 3 rings (SSSR count). The SMILES string of the molecule is Cc1oc(CCCCC#N)c2c1Oc1ccccc1O2. The lowest BCUT2D eigenvalue weighted by Gasteiger charge is -2.17. The van der Waals surface area contributed by atoms with Crippen LogP contribution in [0, 0.1) is 18.3 Å². The van der Waals surface area contributed by atoms with Crippen molar-refractivity contribution in [1.82, 2.24) is 0 Å². The molecule has 0 spiro atoms. The average molecular weight is 269 g/mol. The molecule has 1 aromatic carbocycles. The maximum Gasteiger partial charge on any atom is 0.211 e. The van der Waals surface area contributed by atoms with Gasteiger partial charge in [-0.25, -0.2) is 0 Å². The fourth-order valence-corrected chi connectivity index (χ4v) is 2.28. The Morgan fingerprint density at radius 3 is 2.45 bits per heavy atom. The normalized spacial score (nSPS) is 11.8. The molecule has 0 fully saturated rings. The van der Waals surface area contributed by atoms with Crippen molar-refractivity contribution in [3.63, 3.8) is 0 Å². The van der Waals surface area contributed by atoms with Crippen LogP contribution in [0.2, 0.25) is 0 Å². The summed E-state index contributed by atoms with van der Waals surface area (Å²) in [7, 11) is 0. The predicted molar refractivity (Wildman–Crippen MR) is 73.2 cm³/mol. The second-order valence-electron chi connectivity index (χ2n) is 4.76. The van der Waals surface area contributed by atoms with Gasteiger partial charge < -0.3 is 13.9 Å². The Morgan fingerprint density at radius 2 is 1.75 bits per heavy atom. The summed E-state index contributed by atoms with van der Waals surface area (Å²) in [6.45, 7) is 1.87. The van der Waals surface area contributed by atoms with E-state index in [1.807, 2.05) is 31.2 Å². The minimum Gasteiger partial charge on any atom is -0.458 e. The molecule has 0 aliphatic carbocycles. The number of nitrogens with zero attached hydrogens (tertiary/aromatic N) is 1. The van der Waals surface area contributed by atoms with Crippen LogP contribution in [0.1, 0.15) is 30.8 Å². The van der Waals surface area contributed by atoms with Gasteiger partial charge in [-0.3, -0.25) is 0 Å². The van der Waals surface area contributed by atoms with Gasteiger partial charge in [-0.15, -0.1) is 0 Å². The molecular formula is C16H15NO3. The first-order valence-electron chi connectivity index (χ1n) is 6.73. The molecule has 2 heterocycles. The molecule has 20 heavy (non-hydrogen) atoms. The highest BCUT2D eigenvalue weighted by atomic mass is 16.6. The Hall–Kier alpha value is -2.41. The van der Waals surface area contributed by atoms with E-state index in [1.165, 1.54) is 0 Å². The van der Waals surface area contributed by atoms with E-state index in [0.29, 0.717) is 29.4 Å². The number of furan rings is 1. The zero-order valence-corrected chi connectivity index (χ0v) is 11.3. The van der Waals surface area contributed by atoms with Crippen molar-refractivity contribution in [2.75, 3.05) is 0 Å². The third kappa shape index (κ3) is 2.23. The average Bonchev–Trinajstić information content (AvgIpc) is 2.78. The fourth-order valence-electron chi connectivity index (χ4n) is 2.28. The van der Waals surface area contributed by atoms with Crippen LogP contribution in [0.5, 0.6) is 23.0 Å². The molecular weight excluding hydrogens is 254 g/mol. The minimum absolute atomic E-state index is 0.571. The summed E-state index contributed by atoms with van der Waals surface area (Å²) in [6.07, 6.45) is 3.09. The summed E-state index contributed by atoms with van der Waals surface area (Å²) < 4.78 is 17.5. The van der Waals surface area contributed by atoms with Crippen LogP contribution in [0.15, 0.2) is 28.7 Å². The third-order valence-corrected chi connectivity index (χ3v) is 3.27. The van der Waals surface area contributed by atoms with Crippen LogP contribution in [-0.2, 0) is 6.42 Å². The number of aryl methyl sites for hydroxylation is 2. The molecule has 0 saturated heterocycles. The first-order valence-corrected chi connectivity index (χ1v) is 6.73. The van der Waals surface area contributed by atoms with Gasteiger partial charge in [0, 0.05) is 12.8 Å². The molecule has 0 saturated carbocycles. The molecule has 0 radical (unpaired) electrons. The van der Waals surface area contributed by atoms with Crippen LogP contribution in [0.25, 0.3) is 0 Å². The van der Waals surface area contributed by atoms with Gasteiger partial charge in [-0.1, -0.05) is 12.1 Å². The summed E-state index contributed by atoms with van der Waals surface area (Å²) in [4.78, 5) is 0. The van der Waals surface area contributed by atoms with Gasteiger partial charge in [-0.05, 0) is 31.9 Å². The molecule has 4 nitrogen and oxygen atoms in total. The first-order chi connectivity index (χ1) is 9.79. The quantitative estimate of drug-likeness (QED) is 0.643. The van der Waals surface area contributed by atoms with E-state index in [0.717, 1.165) is 30.8 Å². The summed E-state index contributed by atoms with van der Waals surface area (Å²) in [5, 5.41) is 8.55. The van der Waals surface area contributed by atoms with Crippen molar-refractivity contribution in [3.8, 4) is 29.1 Å². The lowest BCUT2D eigenvalue weighted by molar-refractivity contribution is 0.358. The predicted octanol–water partition coefficient (Wildman–Crippen LogP) is 4.72. The number of nitriles is 1. The van der Waals surface area contributed by atoms with Gasteiger partial charge in [0.15, 0.2) is 17.3 Å². The Kier molecular flexibility index (Phi) is 3.34. The molecule has 1 aliphatic rings. The van der Waals surface area contributed by atoms with Crippen molar-refractivity contribution in [2.45, 2.75) is 32.6 Å². The highest BCUT2D eigenvalue weighted by Gasteiger charge is 2.27. The maximum absolute atomic E-state index is 8.55. The van der Waals surface area contributed by atoms with E-state index in [-0.39, 0.29) is 0 Å². The molecule has 0 bridgehead atoms. The van der Waals surface area contributed by atoms with E-state index < -0.39 is 0 Å². The van der Waals surface area contributed by atoms with Gasteiger partial charge in [0.05, 0.1) is 6.07 Å². The number of ether oxygens (including phenoxy) is 2. The standard InChI is InChI=1S/C16H15NO3/c1-11-15-16(14(18-11)9-3-2-6-10-17)20-13-8-5-4-7-12(13)19-15/h4-5,7-8H,2-3,6,9H2,1H3. The summed E-state index contributed by atoms with van der Waals surface area (Å²) in [6, 6.07) is 9.71. The molecule has 0 atom stereocenters. The molecule has 102 valence electrons. The highest BCUT2D eigenvalue weighted by molar-refractivity contribution is 5.57. The number of rotatable bonds is 4. The van der Waals surface area contributed by atoms with Crippen molar-refractivity contribution in [1.29, 1.82) is 5.26 Å². The van der Waals surface area contributed by atoms with Gasteiger partial charge in [-0.2, -0.15) is 5.26 Å². The molecule has 4 heteroatoms. The van der Waals surface area contributed by atoms with E-state index in [9.17, 15) is 0 Å². The smallest absolute Gasteiger partial charge is 0.211 e. The summed E-state index contributed by atoms with van der Waals surface area (Å²) >= 11 is 0. The Morgan fingerprint density at radius 1 is 1.05 bits per heavy atom. The Labute approximate surface area is 117 Å². The van der Waals surface area contributed by atoms with Crippen molar-refractivity contribution in [2.24, 2.45) is 0 Å². The lowest BCUT2D eigenvalue weighted by Crippen LogP contribution is -1.98. The summed E-state index contributed by atoms with van der Waals surface area (Å²) in [5.74, 6) is 4.28. The van der Waals surface area contributed by atoms with Crippen molar-refractivity contribution in [3.05, 3.63) is 35.8 Å². The zero-order chi connectivity index (χ0) is 13.9. The maximum atomic E-state index is 8.55. The fraction of sp³-hybridized carbons (Fsp3) is 0.312. The Bertz CT molecular complexity index is 667. The molecule has 0 N–H and O–H groups in total. The van der Waals surface area contributed by atoms with Crippen LogP contribution < -0.4 is 9.47 Å². The van der Waals surface area contributed by atoms with Gasteiger partial charge in [0.25, 0.3) is 0 Å². The zero-order valence-electron chi connectivity index (χ0n) is 11.3. The van der Waals surface area contributed by atoms with Crippen LogP contribution in [-0.4, -0.2) is 0 Å². The number of hydrogen-bond donors (Lipinski definition) is 0. The molecule has 1 aromatic heterocycles. The summed E-state index contributed by atoms with van der Waals surface area (Å²) in [5.41, 5.74) is 0. The number of para-hydroxylation sites is 2. The minimum atomic E-state index is 0.571. The van der Waals surface area contributed by atoms with Gasteiger partial charge in [0.2, 0.25) is 11.5 Å². The van der Waals surface area contributed by atoms with E-state index >= 15 is 0 Å². The number of fused-ring (bicyclic) bond motifs is 2. The monoisotopic (exact) mass is 269 g/mol. The van der Waals surface area contributed by atoms with E-state index in [1.54, 1.807) is 0 Å². The van der Waals surface area contributed by atoms with Gasteiger partial charge >= 0.3 is 0 Å². The molecule has 1 aliphatic heterocycles. The number of hydrogen-bond acceptors (Lipinski definition) is 4. The van der Waals surface area contributed by atoms with Crippen LogP contribution >= 0.6 is 0 Å². The second-order valence-corrected chi connectivity index (χ2v) is 4.76. The molecule has 0 amide bonds. The van der Waals surface area contributed by atoms with Crippen molar-refractivity contribution >= 4 is 0 Å².